The Morgan fingerprint density at radius 1 is 1.18 bits per heavy atom. The highest BCUT2D eigenvalue weighted by atomic mass is 35.5. The first kappa shape index (κ1) is 23.3. The van der Waals surface area contributed by atoms with E-state index in [0.717, 1.165) is 31.7 Å². The zero-order valence-electron chi connectivity index (χ0n) is 19.8. The van der Waals surface area contributed by atoms with Crippen LogP contribution >= 0.6 is 19.5 Å². The maximum Gasteiger partial charge on any atom is 0.274 e. The van der Waals surface area contributed by atoms with Gasteiger partial charge in [0.05, 0.1) is 6.20 Å². The number of likely N-dealkylation sites (N-methyl/N-ethyl adjacent to an activating group) is 1. The van der Waals surface area contributed by atoms with E-state index in [1.54, 1.807) is 6.20 Å². The van der Waals surface area contributed by atoms with Crippen LogP contribution in [0, 0.1) is 5.92 Å². The minimum atomic E-state index is -0.301. The van der Waals surface area contributed by atoms with Crippen molar-refractivity contribution in [1.82, 2.24) is 19.4 Å². The lowest BCUT2D eigenvalue weighted by molar-refractivity contribution is 0.303. The van der Waals surface area contributed by atoms with E-state index >= 15 is 0 Å². The number of hydrogen-bond acceptors (Lipinski definition) is 6. The first-order valence-electron chi connectivity index (χ1n) is 11.7. The van der Waals surface area contributed by atoms with Crippen LogP contribution in [0.5, 0.6) is 0 Å². The van der Waals surface area contributed by atoms with Crippen LogP contribution < -0.4 is 21.5 Å². The minimum Gasteiger partial charge on any atom is -0.338 e. The van der Waals surface area contributed by atoms with Crippen LogP contribution in [0.1, 0.15) is 24.1 Å². The van der Waals surface area contributed by atoms with Crippen molar-refractivity contribution in [2.45, 2.75) is 32.4 Å². The van der Waals surface area contributed by atoms with Crippen LogP contribution in [-0.4, -0.2) is 46.4 Å². The van der Waals surface area contributed by atoms with Crippen LogP contribution in [0.3, 0.4) is 0 Å². The number of aromatic nitrogens is 3. The molecule has 0 radical (unpaired) electrons. The maximum absolute atomic E-state index is 13.4. The van der Waals surface area contributed by atoms with Crippen LogP contribution in [0.2, 0.25) is 5.02 Å². The molecule has 1 saturated carbocycles. The molecule has 0 spiro atoms. The van der Waals surface area contributed by atoms with Gasteiger partial charge in [0.2, 0.25) is 5.95 Å². The quantitative estimate of drug-likeness (QED) is 0.468. The highest BCUT2D eigenvalue weighted by Crippen LogP contribution is 2.33. The monoisotopic (exact) mass is 496 g/mol. The molecule has 1 aliphatic carbocycles. The van der Waals surface area contributed by atoms with Crippen molar-refractivity contribution in [3.63, 3.8) is 0 Å². The van der Waals surface area contributed by atoms with Gasteiger partial charge < -0.3 is 20.1 Å². The van der Waals surface area contributed by atoms with Crippen molar-refractivity contribution in [3.05, 3.63) is 63.2 Å². The van der Waals surface area contributed by atoms with Crippen molar-refractivity contribution in [2.75, 3.05) is 37.6 Å². The van der Waals surface area contributed by atoms with E-state index in [1.807, 2.05) is 28.8 Å². The van der Waals surface area contributed by atoms with Gasteiger partial charge in [0.1, 0.15) is 10.7 Å². The molecule has 3 aromatic rings. The topological polar surface area (TPSA) is 75.1 Å². The van der Waals surface area contributed by atoms with E-state index in [2.05, 4.69) is 51.9 Å². The summed E-state index contributed by atoms with van der Waals surface area (Å²) in [5.41, 5.74) is 3.85. The van der Waals surface area contributed by atoms with Gasteiger partial charge in [0.15, 0.2) is 5.82 Å². The SMILES string of the molecule is CN1CCc2c(cc(Nc3ncc(Cl)c(Nc4ccccc4P(C)C)n3)c(=O)n2CC2CC2)C1. The molecule has 5 rings (SSSR count). The number of nitrogens with one attached hydrogen (secondary N) is 2. The van der Waals surface area contributed by atoms with Crippen molar-refractivity contribution < 1.29 is 0 Å². The molecule has 0 amide bonds. The van der Waals surface area contributed by atoms with Gasteiger partial charge in [0.25, 0.3) is 5.56 Å². The number of halogens is 1. The van der Waals surface area contributed by atoms with Gasteiger partial charge in [-0.15, -0.1) is 0 Å². The molecule has 2 N–H and O–H groups in total. The van der Waals surface area contributed by atoms with E-state index in [-0.39, 0.29) is 13.5 Å². The summed E-state index contributed by atoms with van der Waals surface area (Å²) < 4.78 is 1.98. The maximum atomic E-state index is 13.4. The van der Waals surface area contributed by atoms with Crippen molar-refractivity contribution in [3.8, 4) is 0 Å². The molecule has 0 bridgehead atoms. The second-order valence-corrected chi connectivity index (χ2v) is 12.1. The second-order valence-electron chi connectivity index (χ2n) is 9.43. The Kier molecular flexibility index (Phi) is 6.61. The van der Waals surface area contributed by atoms with Gasteiger partial charge in [-0.3, -0.25) is 4.79 Å². The van der Waals surface area contributed by atoms with Gasteiger partial charge >= 0.3 is 0 Å². The average Bonchev–Trinajstić information content (AvgIpc) is 3.63. The lowest BCUT2D eigenvalue weighted by atomic mass is 10.0. The van der Waals surface area contributed by atoms with E-state index in [9.17, 15) is 4.79 Å². The zero-order valence-corrected chi connectivity index (χ0v) is 21.5. The number of anilines is 4. The van der Waals surface area contributed by atoms with Crippen LogP contribution in [-0.2, 0) is 19.5 Å². The molecule has 3 heterocycles. The van der Waals surface area contributed by atoms with Crippen LogP contribution in [0.25, 0.3) is 0 Å². The van der Waals surface area contributed by atoms with Crippen molar-refractivity contribution in [2.24, 2.45) is 5.92 Å². The predicted octanol–water partition coefficient (Wildman–Crippen LogP) is 4.54. The van der Waals surface area contributed by atoms with Crippen LogP contribution in [0.15, 0.2) is 41.3 Å². The Balaban J connectivity index is 1.47. The normalized spacial score (nSPS) is 15.9. The number of pyridine rings is 1. The summed E-state index contributed by atoms with van der Waals surface area (Å²) in [5, 5.41) is 8.23. The smallest absolute Gasteiger partial charge is 0.274 e. The lowest BCUT2D eigenvalue weighted by Gasteiger charge is -2.28. The van der Waals surface area contributed by atoms with Crippen molar-refractivity contribution >= 4 is 48.0 Å². The zero-order chi connectivity index (χ0) is 23.8. The Hall–Kier alpha value is -2.47. The van der Waals surface area contributed by atoms with Crippen molar-refractivity contribution in [1.29, 1.82) is 0 Å². The summed E-state index contributed by atoms with van der Waals surface area (Å²) in [6, 6.07) is 10.1. The lowest BCUT2D eigenvalue weighted by Crippen LogP contribution is -2.35. The molecule has 2 aliphatic rings. The number of hydrogen-bond donors (Lipinski definition) is 2. The fourth-order valence-corrected chi connectivity index (χ4v) is 5.57. The number of rotatable bonds is 7. The van der Waals surface area contributed by atoms with Gasteiger partial charge in [-0.25, -0.2) is 4.98 Å². The molecule has 1 aliphatic heterocycles. The number of fused-ring (bicyclic) bond motifs is 1. The molecule has 0 atom stereocenters. The third-order valence-electron chi connectivity index (χ3n) is 6.43. The van der Waals surface area contributed by atoms with E-state index < -0.39 is 0 Å². The fraction of sp³-hybridized carbons (Fsp3) is 0.400. The average molecular weight is 497 g/mol. The molecule has 0 saturated heterocycles. The molecule has 9 heteroatoms. The molecule has 34 heavy (non-hydrogen) atoms. The standard InChI is InChI=1S/C25H30ClN6OP/c1-31-11-10-21-17(15-31)12-20(24(33)32(21)14-16-8-9-16)29-25-27-13-18(26)23(30-25)28-19-6-4-5-7-22(19)34(2)3/h4-7,12-13,16H,8-11,14-15H2,1-3H3,(H2,27,28,29,30). The molecular weight excluding hydrogens is 467 g/mol. The first-order chi connectivity index (χ1) is 16.4. The van der Waals surface area contributed by atoms with Crippen LogP contribution in [0.4, 0.5) is 23.1 Å². The third kappa shape index (κ3) is 4.97. The molecule has 1 aromatic carbocycles. The number of benzene rings is 1. The Morgan fingerprint density at radius 3 is 2.74 bits per heavy atom. The first-order valence-corrected chi connectivity index (χ1v) is 14.3. The molecule has 2 aromatic heterocycles. The van der Waals surface area contributed by atoms with E-state index in [4.69, 9.17) is 11.6 Å². The summed E-state index contributed by atoms with van der Waals surface area (Å²) in [5.74, 6) is 1.47. The summed E-state index contributed by atoms with van der Waals surface area (Å²) in [7, 11) is 1.81. The Morgan fingerprint density at radius 2 is 1.97 bits per heavy atom. The van der Waals surface area contributed by atoms with Gasteiger partial charge in [-0.2, -0.15) is 4.98 Å². The van der Waals surface area contributed by atoms with Gasteiger partial charge in [0, 0.05) is 37.4 Å². The summed E-state index contributed by atoms with van der Waals surface area (Å²) in [6.45, 7) is 7.02. The number of nitrogens with zero attached hydrogens (tertiary/aromatic N) is 4. The minimum absolute atomic E-state index is 0.00350. The molecule has 7 nitrogen and oxygen atoms in total. The predicted molar refractivity (Wildman–Crippen MR) is 142 cm³/mol. The van der Waals surface area contributed by atoms with Gasteiger partial charge in [-0.1, -0.05) is 37.7 Å². The van der Waals surface area contributed by atoms with Gasteiger partial charge in [-0.05, 0) is 62.1 Å². The highest BCUT2D eigenvalue weighted by Gasteiger charge is 2.27. The fourth-order valence-electron chi connectivity index (χ4n) is 4.43. The summed E-state index contributed by atoms with van der Waals surface area (Å²) in [4.78, 5) is 24.7. The number of para-hydroxylation sites is 1. The van der Waals surface area contributed by atoms with E-state index in [1.165, 1.54) is 29.4 Å². The molecule has 1 fully saturated rings. The largest absolute Gasteiger partial charge is 0.338 e. The molecule has 0 unspecified atom stereocenters. The Labute approximate surface area is 206 Å². The molecular formula is C25H30ClN6OP. The Bertz CT molecular complexity index is 1270. The highest BCUT2D eigenvalue weighted by molar-refractivity contribution is 7.64. The second kappa shape index (κ2) is 9.65. The summed E-state index contributed by atoms with van der Waals surface area (Å²) >= 11 is 6.43. The summed E-state index contributed by atoms with van der Waals surface area (Å²) in [6.07, 6.45) is 4.87. The van der Waals surface area contributed by atoms with E-state index in [0.29, 0.717) is 28.4 Å². The third-order valence-corrected chi connectivity index (χ3v) is 8.06. The molecule has 178 valence electrons.